The summed E-state index contributed by atoms with van der Waals surface area (Å²) in [6.45, 7) is 2.58. The molecular weight excluding hydrogens is 250 g/mol. The summed E-state index contributed by atoms with van der Waals surface area (Å²) in [5, 5.41) is 11.2. The first-order valence-electron chi connectivity index (χ1n) is 8.68. The number of carbonyl (C=O) groups is 1. The van der Waals surface area contributed by atoms with Crippen molar-refractivity contribution in [2.24, 2.45) is 0 Å². The summed E-state index contributed by atoms with van der Waals surface area (Å²) in [5.41, 5.74) is 0. The highest BCUT2D eigenvalue weighted by Gasteiger charge is 1.96. The number of rotatable bonds is 15. The molecule has 2 N–H and O–H groups in total. The average Bonchev–Trinajstić information content (AvgIpc) is 2.47. The maximum absolute atomic E-state index is 10.8. The minimum absolute atomic E-state index is 0.260. The minimum atomic E-state index is -0.390. The molecule has 0 atom stereocenters. The van der Waals surface area contributed by atoms with Gasteiger partial charge < -0.3 is 10.4 Å². The first-order valence-corrected chi connectivity index (χ1v) is 8.68. The van der Waals surface area contributed by atoms with Gasteiger partial charge in [0.25, 0.3) is 0 Å². The number of aliphatic hydroxyl groups excluding tert-OH is 1. The van der Waals surface area contributed by atoms with Crippen molar-refractivity contribution in [1.29, 1.82) is 0 Å². The van der Waals surface area contributed by atoms with E-state index in [1.54, 1.807) is 0 Å². The van der Waals surface area contributed by atoms with E-state index in [4.69, 9.17) is 5.11 Å². The molecule has 0 unspecified atom stereocenters. The maximum atomic E-state index is 10.8. The van der Waals surface area contributed by atoms with Gasteiger partial charge in [-0.15, -0.1) is 0 Å². The summed E-state index contributed by atoms with van der Waals surface area (Å²) < 4.78 is 0. The Hall–Kier alpha value is -0.570. The predicted octanol–water partition coefficient (Wildman–Crippen LogP) is 4.19. The molecule has 0 fully saturated rings. The van der Waals surface area contributed by atoms with Crippen LogP contribution in [0.4, 0.5) is 0 Å². The van der Waals surface area contributed by atoms with Crippen LogP contribution in [0, 0.1) is 0 Å². The first kappa shape index (κ1) is 19.4. The molecule has 3 nitrogen and oxygen atoms in total. The van der Waals surface area contributed by atoms with Crippen molar-refractivity contribution in [3.05, 3.63) is 0 Å². The monoisotopic (exact) mass is 285 g/mol. The van der Waals surface area contributed by atoms with E-state index in [9.17, 15) is 4.79 Å². The van der Waals surface area contributed by atoms with Gasteiger partial charge in [0, 0.05) is 6.54 Å². The lowest BCUT2D eigenvalue weighted by Gasteiger charge is -2.04. The fourth-order valence-corrected chi connectivity index (χ4v) is 2.43. The number of hydrogen-bond acceptors (Lipinski definition) is 2. The Labute approximate surface area is 125 Å². The van der Waals surface area contributed by atoms with Gasteiger partial charge >= 0.3 is 0 Å². The average molecular weight is 285 g/mol. The number of amides is 1. The molecule has 0 heterocycles. The molecule has 0 bridgehead atoms. The van der Waals surface area contributed by atoms with Crippen LogP contribution in [0.1, 0.15) is 90.4 Å². The second kappa shape index (κ2) is 16.5. The fourth-order valence-electron chi connectivity index (χ4n) is 2.43. The highest BCUT2D eigenvalue weighted by atomic mass is 16.3. The van der Waals surface area contributed by atoms with Crippen LogP contribution in [0.2, 0.25) is 0 Å². The second-order valence-corrected chi connectivity index (χ2v) is 5.75. The summed E-state index contributed by atoms with van der Waals surface area (Å²) in [4.78, 5) is 10.8. The van der Waals surface area contributed by atoms with Crippen LogP contribution in [0.5, 0.6) is 0 Å². The smallest absolute Gasteiger partial charge is 0.245 e. The molecule has 3 heteroatoms. The largest absolute Gasteiger partial charge is 0.387 e. The van der Waals surface area contributed by atoms with Crippen LogP contribution in [-0.2, 0) is 4.79 Å². The van der Waals surface area contributed by atoms with Crippen LogP contribution in [0.3, 0.4) is 0 Å². The molecule has 0 aliphatic carbocycles. The summed E-state index contributed by atoms with van der Waals surface area (Å²) in [6, 6.07) is 0. The lowest BCUT2D eigenvalue weighted by atomic mass is 10.0. The summed E-state index contributed by atoms with van der Waals surface area (Å²) in [7, 11) is 0. The normalized spacial score (nSPS) is 10.7. The van der Waals surface area contributed by atoms with Gasteiger partial charge in [0.05, 0.1) is 0 Å². The molecule has 120 valence electrons. The Morgan fingerprint density at radius 2 is 1.15 bits per heavy atom. The zero-order valence-electron chi connectivity index (χ0n) is 13.5. The molecule has 0 saturated heterocycles. The van der Waals surface area contributed by atoms with Gasteiger partial charge in [-0.2, -0.15) is 0 Å². The van der Waals surface area contributed by atoms with Gasteiger partial charge in [0.1, 0.15) is 6.61 Å². The zero-order valence-corrected chi connectivity index (χ0v) is 13.5. The van der Waals surface area contributed by atoms with E-state index in [2.05, 4.69) is 12.2 Å². The van der Waals surface area contributed by atoms with Crippen LogP contribution in [0.25, 0.3) is 0 Å². The van der Waals surface area contributed by atoms with Crippen LogP contribution < -0.4 is 5.32 Å². The van der Waals surface area contributed by atoms with Crippen molar-refractivity contribution >= 4 is 5.91 Å². The van der Waals surface area contributed by atoms with Crippen LogP contribution in [0.15, 0.2) is 0 Å². The highest BCUT2D eigenvalue weighted by Crippen LogP contribution is 2.12. The Morgan fingerprint density at radius 3 is 1.55 bits per heavy atom. The topological polar surface area (TPSA) is 49.3 Å². The minimum Gasteiger partial charge on any atom is -0.387 e. The molecule has 0 aromatic rings. The Balaban J connectivity index is 2.97. The third kappa shape index (κ3) is 15.5. The quantitative estimate of drug-likeness (QED) is 0.443. The van der Waals surface area contributed by atoms with E-state index < -0.39 is 6.61 Å². The lowest BCUT2D eigenvalue weighted by molar-refractivity contribution is -0.123. The van der Waals surface area contributed by atoms with Crippen molar-refractivity contribution in [3.63, 3.8) is 0 Å². The lowest BCUT2D eigenvalue weighted by Crippen LogP contribution is -2.26. The van der Waals surface area contributed by atoms with Gasteiger partial charge in [0.15, 0.2) is 0 Å². The molecule has 0 spiro atoms. The van der Waals surface area contributed by atoms with E-state index in [1.165, 1.54) is 77.0 Å². The van der Waals surface area contributed by atoms with Crippen molar-refractivity contribution in [1.82, 2.24) is 5.32 Å². The fraction of sp³-hybridized carbons (Fsp3) is 0.941. The van der Waals surface area contributed by atoms with Crippen molar-refractivity contribution in [3.8, 4) is 0 Å². The van der Waals surface area contributed by atoms with E-state index in [0.29, 0.717) is 6.54 Å². The summed E-state index contributed by atoms with van der Waals surface area (Å²) >= 11 is 0. The SMILES string of the molecule is CCCCCCCCCCCCCCCNC(=O)CO. The number of carbonyl (C=O) groups excluding carboxylic acids is 1. The Kier molecular flexibility index (Phi) is 16.0. The van der Waals surface area contributed by atoms with Gasteiger partial charge in [0.2, 0.25) is 5.91 Å². The molecule has 0 rings (SSSR count). The maximum Gasteiger partial charge on any atom is 0.245 e. The molecule has 0 aliphatic rings. The predicted molar refractivity (Wildman–Crippen MR) is 85.8 cm³/mol. The molecule has 0 radical (unpaired) electrons. The van der Waals surface area contributed by atoms with E-state index >= 15 is 0 Å². The van der Waals surface area contributed by atoms with E-state index in [-0.39, 0.29) is 5.91 Å². The first-order chi connectivity index (χ1) is 9.81. The van der Waals surface area contributed by atoms with Gasteiger partial charge in [-0.3, -0.25) is 4.79 Å². The Bertz CT molecular complexity index is 207. The van der Waals surface area contributed by atoms with Gasteiger partial charge in [-0.1, -0.05) is 84.0 Å². The molecule has 0 aromatic heterocycles. The van der Waals surface area contributed by atoms with Crippen molar-refractivity contribution in [2.75, 3.05) is 13.2 Å². The molecular formula is C17H35NO2. The van der Waals surface area contributed by atoms with Gasteiger partial charge in [-0.25, -0.2) is 0 Å². The number of nitrogens with one attached hydrogen (secondary N) is 1. The van der Waals surface area contributed by atoms with Gasteiger partial charge in [-0.05, 0) is 6.42 Å². The Morgan fingerprint density at radius 1 is 0.750 bits per heavy atom. The molecule has 0 aliphatic heterocycles. The number of unbranched alkanes of at least 4 members (excludes halogenated alkanes) is 12. The van der Waals surface area contributed by atoms with E-state index in [0.717, 1.165) is 6.42 Å². The highest BCUT2D eigenvalue weighted by molar-refractivity contribution is 5.76. The third-order valence-electron chi connectivity index (χ3n) is 3.75. The standard InChI is InChI=1S/C17H35NO2/c1-2-3-4-5-6-7-8-9-10-11-12-13-14-15-18-17(20)16-19/h19H,2-16H2,1H3,(H,18,20). The third-order valence-corrected chi connectivity index (χ3v) is 3.75. The van der Waals surface area contributed by atoms with Crippen LogP contribution in [-0.4, -0.2) is 24.2 Å². The zero-order chi connectivity index (χ0) is 14.9. The molecule has 0 aromatic carbocycles. The van der Waals surface area contributed by atoms with Crippen molar-refractivity contribution < 1.29 is 9.90 Å². The number of hydrogen-bond donors (Lipinski definition) is 2. The number of aliphatic hydroxyl groups is 1. The molecule has 20 heavy (non-hydrogen) atoms. The van der Waals surface area contributed by atoms with Crippen molar-refractivity contribution in [2.45, 2.75) is 90.4 Å². The van der Waals surface area contributed by atoms with E-state index in [1.807, 2.05) is 0 Å². The van der Waals surface area contributed by atoms with Crippen LogP contribution >= 0.6 is 0 Å². The second-order valence-electron chi connectivity index (χ2n) is 5.75. The molecule has 1 amide bonds. The summed E-state index contributed by atoms with van der Waals surface area (Å²) in [5.74, 6) is -0.260. The molecule has 0 saturated carbocycles. The summed E-state index contributed by atoms with van der Waals surface area (Å²) in [6.07, 6.45) is 17.4.